The van der Waals surface area contributed by atoms with E-state index in [0.717, 1.165) is 11.1 Å². The molecule has 0 N–H and O–H groups in total. The van der Waals surface area contributed by atoms with Gasteiger partial charge >= 0.3 is 0 Å². The Morgan fingerprint density at radius 2 is 1.48 bits per heavy atom. The monoisotopic (exact) mass is 278 g/mol. The summed E-state index contributed by atoms with van der Waals surface area (Å²) in [7, 11) is 0. The van der Waals surface area contributed by atoms with Gasteiger partial charge in [0.1, 0.15) is 0 Å². The minimum absolute atomic E-state index is 0.420. The molecule has 0 atom stereocenters. The number of rotatable bonds is 4. The summed E-state index contributed by atoms with van der Waals surface area (Å²) in [5, 5.41) is 0. The molecule has 2 heteroatoms. The maximum absolute atomic E-state index is 12.0. The van der Waals surface area contributed by atoms with Crippen molar-refractivity contribution in [3.05, 3.63) is 76.4 Å². The molecule has 2 aromatic carbocycles. The van der Waals surface area contributed by atoms with Crippen LogP contribution in [0.5, 0.6) is 0 Å². The van der Waals surface area contributed by atoms with Gasteiger partial charge in [0.15, 0.2) is 0 Å². The van der Waals surface area contributed by atoms with Gasteiger partial charge in [-0.2, -0.15) is 0 Å². The van der Waals surface area contributed by atoms with Gasteiger partial charge in [0.25, 0.3) is 0 Å². The molecule has 0 heterocycles. The van der Waals surface area contributed by atoms with E-state index >= 15 is 0 Å². The van der Waals surface area contributed by atoms with Crippen molar-refractivity contribution in [2.24, 2.45) is 0 Å². The first-order valence-electron chi connectivity index (χ1n) is 6.88. The first-order valence-corrected chi connectivity index (χ1v) is 6.88. The summed E-state index contributed by atoms with van der Waals surface area (Å²) in [6, 6.07) is 12.7. The lowest BCUT2D eigenvalue weighted by atomic mass is 9.99. The molecule has 0 spiro atoms. The molecule has 2 nitrogen and oxygen atoms in total. The molecule has 0 unspecified atom stereocenters. The third kappa shape index (κ3) is 3.54. The Labute approximate surface area is 125 Å². The van der Waals surface area contributed by atoms with Crippen LogP contribution in [0.4, 0.5) is 0 Å². The first kappa shape index (κ1) is 14.9. The fourth-order valence-electron chi connectivity index (χ4n) is 2.14. The first-order chi connectivity index (χ1) is 9.99. The molecule has 0 aliphatic heterocycles. The summed E-state index contributed by atoms with van der Waals surface area (Å²) in [4.78, 5) is 23.9. The lowest BCUT2D eigenvalue weighted by Crippen LogP contribution is -2.10. The van der Waals surface area contributed by atoms with E-state index in [0.29, 0.717) is 5.56 Å². The molecular formula is C19H18O2. The Balaban J connectivity index is 2.20. The SMILES string of the molecule is Cc1cc(C)c(/C=C/C(=O)C(=O)c2ccccc2)cc1C. The van der Waals surface area contributed by atoms with Gasteiger partial charge in [-0.05, 0) is 49.1 Å². The summed E-state index contributed by atoms with van der Waals surface area (Å²) in [5.41, 5.74) is 4.86. The Morgan fingerprint density at radius 1 is 0.857 bits per heavy atom. The van der Waals surface area contributed by atoms with Gasteiger partial charge in [0, 0.05) is 5.56 Å². The predicted octanol–water partition coefficient (Wildman–Crippen LogP) is 4.08. The molecule has 106 valence electrons. The molecule has 2 rings (SSSR count). The number of allylic oxidation sites excluding steroid dienone is 1. The third-order valence-corrected chi connectivity index (χ3v) is 3.56. The standard InChI is InChI=1S/C19H18O2/c1-13-11-15(3)17(12-14(13)2)9-10-18(20)19(21)16-7-5-4-6-8-16/h4-12H,1-3H3/b10-9+. The van der Waals surface area contributed by atoms with E-state index in [1.807, 2.05) is 26.0 Å². The summed E-state index contributed by atoms with van der Waals surface area (Å²) in [5.74, 6) is -0.979. The Kier molecular flexibility index (Phi) is 4.49. The van der Waals surface area contributed by atoms with Crippen molar-refractivity contribution in [3.63, 3.8) is 0 Å². The zero-order chi connectivity index (χ0) is 15.4. The van der Waals surface area contributed by atoms with Crippen LogP contribution in [-0.4, -0.2) is 11.6 Å². The van der Waals surface area contributed by atoms with E-state index < -0.39 is 11.6 Å². The highest BCUT2D eigenvalue weighted by Gasteiger charge is 2.12. The molecule has 0 amide bonds. The molecule has 0 saturated carbocycles. The number of benzene rings is 2. The van der Waals surface area contributed by atoms with Crippen molar-refractivity contribution >= 4 is 17.6 Å². The van der Waals surface area contributed by atoms with E-state index in [-0.39, 0.29) is 0 Å². The molecule has 0 radical (unpaired) electrons. The lowest BCUT2D eigenvalue weighted by Gasteiger charge is -2.05. The van der Waals surface area contributed by atoms with Crippen molar-refractivity contribution in [1.29, 1.82) is 0 Å². The number of hydrogen-bond donors (Lipinski definition) is 0. The smallest absolute Gasteiger partial charge is 0.232 e. The van der Waals surface area contributed by atoms with Crippen LogP contribution in [0.15, 0.2) is 48.5 Å². The highest BCUT2D eigenvalue weighted by molar-refractivity contribution is 6.48. The number of ketones is 2. The van der Waals surface area contributed by atoms with Crippen LogP contribution >= 0.6 is 0 Å². The van der Waals surface area contributed by atoms with Crippen LogP contribution in [0.1, 0.15) is 32.6 Å². The molecule has 0 saturated heterocycles. The zero-order valence-corrected chi connectivity index (χ0v) is 12.5. The molecule has 2 aromatic rings. The van der Waals surface area contributed by atoms with Gasteiger partial charge in [-0.15, -0.1) is 0 Å². The minimum atomic E-state index is -0.501. The van der Waals surface area contributed by atoms with Crippen LogP contribution in [-0.2, 0) is 4.79 Å². The van der Waals surface area contributed by atoms with E-state index in [2.05, 4.69) is 13.0 Å². The fraction of sp³-hybridized carbons (Fsp3) is 0.158. The predicted molar refractivity (Wildman–Crippen MR) is 85.5 cm³/mol. The van der Waals surface area contributed by atoms with E-state index in [1.165, 1.54) is 17.2 Å². The quantitative estimate of drug-likeness (QED) is 0.480. The minimum Gasteiger partial charge on any atom is -0.286 e. The molecule has 0 fully saturated rings. The van der Waals surface area contributed by atoms with Gasteiger partial charge in [-0.25, -0.2) is 0 Å². The molecule has 21 heavy (non-hydrogen) atoms. The van der Waals surface area contributed by atoms with Crippen LogP contribution in [0.3, 0.4) is 0 Å². The fourth-order valence-corrected chi connectivity index (χ4v) is 2.14. The average Bonchev–Trinajstić information content (AvgIpc) is 2.49. The maximum Gasteiger partial charge on any atom is 0.232 e. The Morgan fingerprint density at radius 3 is 2.14 bits per heavy atom. The van der Waals surface area contributed by atoms with Gasteiger partial charge in [-0.1, -0.05) is 48.5 Å². The Hall–Kier alpha value is -2.48. The second-order valence-electron chi connectivity index (χ2n) is 5.19. The second-order valence-corrected chi connectivity index (χ2v) is 5.19. The molecule has 0 aliphatic rings. The number of hydrogen-bond acceptors (Lipinski definition) is 2. The van der Waals surface area contributed by atoms with Gasteiger partial charge < -0.3 is 0 Å². The molecule has 0 bridgehead atoms. The zero-order valence-electron chi connectivity index (χ0n) is 12.5. The molecule has 0 aliphatic carbocycles. The van der Waals surface area contributed by atoms with Crippen LogP contribution in [0, 0.1) is 20.8 Å². The van der Waals surface area contributed by atoms with Crippen molar-refractivity contribution in [2.45, 2.75) is 20.8 Å². The van der Waals surface area contributed by atoms with Crippen molar-refractivity contribution < 1.29 is 9.59 Å². The lowest BCUT2D eigenvalue weighted by molar-refractivity contribution is -0.110. The topological polar surface area (TPSA) is 34.1 Å². The maximum atomic E-state index is 12.0. The summed E-state index contributed by atoms with van der Waals surface area (Å²) in [6.07, 6.45) is 3.07. The van der Waals surface area contributed by atoms with Crippen molar-refractivity contribution in [2.75, 3.05) is 0 Å². The summed E-state index contributed by atoms with van der Waals surface area (Å²) >= 11 is 0. The number of carbonyl (C=O) groups is 2. The van der Waals surface area contributed by atoms with Crippen LogP contribution in [0.2, 0.25) is 0 Å². The van der Waals surface area contributed by atoms with E-state index in [1.54, 1.807) is 30.3 Å². The highest BCUT2D eigenvalue weighted by Crippen LogP contribution is 2.16. The molecular weight excluding hydrogens is 260 g/mol. The van der Waals surface area contributed by atoms with E-state index in [4.69, 9.17) is 0 Å². The third-order valence-electron chi connectivity index (χ3n) is 3.56. The van der Waals surface area contributed by atoms with Crippen molar-refractivity contribution in [3.8, 4) is 0 Å². The normalized spacial score (nSPS) is 10.8. The second kappa shape index (κ2) is 6.31. The summed E-state index contributed by atoms with van der Waals surface area (Å²) in [6.45, 7) is 6.08. The highest BCUT2D eigenvalue weighted by atomic mass is 16.2. The number of aryl methyl sites for hydroxylation is 3. The molecule has 0 aromatic heterocycles. The van der Waals surface area contributed by atoms with Crippen LogP contribution < -0.4 is 0 Å². The summed E-state index contributed by atoms with van der Waals surface area (Å²) < 4.78 is 0. The van der Waals surface area contributed by atoms with Crippen molar-refractivity contribution in [1.82, 2.24) is 0 Å². The number of Topliss-reactive ketones (excluding diaryl/α,β-unsaturated/α-hetero) is 1. The van der Waals surface area contributed by atoms with Gasteiger partial charge in [0.2, 0.25) is 11.6 Å². The number of carbonyl (C=O) groups excluding carboxylic acids is 2. The Bertz CT molecular complexity index is 710. The average molecular weight is 278 g/mol. The van der Waals surface area contributed by atoms with E-state index in [9.17, 15) is 9.59 Å². The van der Waals surface area contributed by atoms with Gasteiger partial charge in [0.05, 0.1) is 0 Å². The van der Waals surface area contributed by atoms with Gasteiger partial charge in [-0.3, -0.25) is 9.59 Å². The van der Waals surface area contributed by atoms with Crippen LogP contribution in [0.25, 0.3) is 6.08 Å². The largest absolute Gasteiger partial charge is 0.286 e.